The molecule has 1 saturated carbocycles. The van der Waals surface area contributed by atoms with Gasteiger partial charge in [-0.15, -0.1) is 0 Å². The summed E-state index contributed by atoms with van der Waals surface area (Å²) in [6.07, 6.45) is 4.71. The van der Waals surface area contributed by atoms with Crippen molar-refractivity contribution >= 4 is 11.9 Å². The summed E-state index contributed by atoms with van der Waals surface area (Å²) in [5.74, 6) is 0.445. The van der Waals surface area contributed by atoms with Crippen LogP contribution >= 0.6 is 0 Å². The van der Waals surface area contributed by atoms with Crippen molar-refractivity contribution in [3.05, 3.63) is 0 Å². The Morgan fingerprint density at radius 3 is 2.37 bits per heavy atom. The monoisotopic (exact) mass is 268 g/mol. The average molecular weight is 268 g/mol. The van der Waals surface area contributed by atoms with Gasteiger partial charge in [0.1, 0.15) is 6.04 Å². The molecule has 1 unspecified atom stereocenters. The van der Waals surface area contributed by atoms with Crippen LogP contribution in [0.5, 0.6) is 0 Å². The first-order chi connectivity index (χ1) is 9.15. The number of hydrogen-bond donors (Lipinski definition) is 1. The standard InChI is InChI=1S/C14H24N2O3/c1-3-12(14(18)19-2)15-11-6-8-16(9-7-11)13(17)10-4-5-10/h10-12,15H,3-9H2,1-2H3. The molecular formula is C14H24N2O3. The first-order valence-corrected chi connectivity index (χ1v) is 7.28. The Bertz CT molecular complexity index is 334. The third-order valence-corrected chi connectivity index (χ3v) is 4.06. The molecule has 1 aliphatic heterocycles. The minimum absolute atomic E-state index is 0.195. The molecule has 1 N–H and O–H groups in total. The number of carbonyl (C=O) groups is 2. The second-order valence-corrected chi connectivity index (χ2v) is 5.52. The molecule has 0 aromatic heterocycles. The molecule has 5 nitrogen and oxygen atoms in total. The van der Waals surface area contributed by atoms with Gasteiger partial charge in [-0.2, -0.15) is 0 Å². The minimum Gasteiger partial charge on any atom is -0.468 e. The van der Waals surface area contributed by atoms with Gasteiger partial charge in [0, 0.05) is 25.0 Å². The fourth-order valence-electron chi connectivity index (χ4n) is 2.63. The van der Waals surface area contributed by atoms with Crippen LogP contribution in [0, 0.1) is 5.92 Å². The molecule has 0 radical (unpaired) electrons. The van der Waals surface area contributed by atoms with Crippen molar-refractivity contribution in [1.29, 1.82) is 0 Å². The summed E-state index contributed by atoms with van der Waals surface area (Å²) in [6, 6.07) is 0.0907. The number of amides is 1. The van der Waals surface area contributed by atoms with Gasteiger partial charge in [0.25, 0.3) is 0 Å². The maximum atomic E-state index is 11.9. The number of piperidine rings is 1. The van der Waals surface area contributed by atoms with Gasteiger partial charge in [-0.3, -0.25) is 9.59 Å². The highest BCUT2D eigenvalue weighted by Crippen LogP contribution is 2.31. The largest absolute Gasteiger partial charge is 0.468 e. The second-order valence-electron chi connectivity index (χ2n) is 5.52. The summed E-state index contributed by atoms with van der Waals surface area (Å²) >= 11 is 0. The van der Waals surface area contributed by atoms with E-state index in [2.05, 4.69) is 5.32 Å². The van der Waals surface area contributed by atoms with E-state index in [4.69, 9.17) is 4.74 Å². The molecule has 2 aliphatic rings. The van der Waals surface area contributed by atoms with Gasteiger partial charge in [-0.05, 0) is 32.1 Å². The van der Waals surface area contributed by atoms with Crippen LogP contribution in [0.2, 0.25) is 0 Å². The second kappa shape index (κ2) is 6.37. The third kappa shape index (κ3) is 3.69. The van der Waals surface area contributed by atoms with Crippen LogP contribution in [0.3, 0.4) is 0 Å². The molecule has 0 spiro atoms. The summed E-state index contributed by atoms with van der Waals surface area (Å²) in [6.45, 7) is 3.59. The summed E-state index contributed by atoms with van der Waals surface area (Å²) < 4.78 is 4.78. The molecule has 0 bridgehead atoms. The molecule has 108 valence electrons. The smallest absolute Gasteiger partial charge is 0.322 e. The summed E-state index contributed by atoms with van der Waals surface area (Å²) in [5, 5.41) is 3.35. The van der Waals surface area contributed by atoms with Crippen molar-refractivity contribution in [1.82, 2.24) is 10.2 Å². The lowest BCUT2D eigenvalue weighted by Crippen LogP contribution is -2.50. The molecule has 1 atom stereocenters. The number of esters is 1. The van der Waals surface area contributed by atoms with Crippen molar-refractivity contribution in [3.63, 3.8) is 0 Å². The van der Waals surface area contributed by atoms with Crippen LogP contribution in [0.15, 0.2) is 0 Å². The maximum Gasteiger partial charge on any atom is 0.322 e. The van der Waals surface area contributed by atoms with E-state index >= 15 is 0 Å². The van der Waals surface area contributed by atoms with Crippen molar-refractivity contribution in [2.75, 3.05) is 20.2 Å². The molecule has 1 heterocycles. The van der Waals surface area contributed by atoms with Gasteiger partial charge in [0.15, 0.2) is 0 Å². The normalized spacial score (nSPS) is 22.1. The van der Waals surface area contributed by atoms with E-state index in [1.807, 2.05) is 11.8 Å². The first-order valence-electron chi connectivity index (χ1n) is 7.28. The van der Waals surface area contributed by atoms with Crippen molar-refractivity contribution in [2.45, 2.75) is 51.1 Å². The fraction of sp³-hybridized carbons (Fsp3) is 0.857. The first kappa shape index (κ1) is 14.3. The minimum atomic E-state index is -0.222. The zero-order valence-electron chi connectivity index (χ0n) is 11.9. The van der Waals surface area contributed by atoms with E-state index in [1.54, 1.807) is 0 Å². The maximum absolute atomic E-state index is 11.9. The van der Waals surface area contributed by atoms with E-state index < -0.39 is 0 Å². The lowest BCUT2D eigenvalue weighted by Gasteiger charge is -2.34. The van der Waals surface area contributed by atoms with Gasteiger partial charge in [-0.1, -0.05) is 6.92 Å². The number of nitrogens with one attached hydrogen (secondary N) is 1. The van der Waals surface area contributed by atoms with E-state index in [0.717, 1.165) is 45.2 Å². The van der Waals surface area contributed by atoms with Crippen LogP contribution in [-0.4, -0.2) is 49.1 Å². The summed E-state index contributed by atoms with van der Waals surface area (Å²) in [4.78, 5) is 25.5. The lowest BCUT2D eigenvalue weighted by molar-refractivity contribution is -0.144. The van der Waals surface area contributed by atoms with Gasteiger partial charge in [-0.25, -0.2) is 0 Å². The molecule has 0 aromatic carbocycles. The predicted octanol–water partition coefficient (Wildman–Crippen LogP) is 0.929. The van der Waals surface area contributed by atoms with Crippen molar-refractivity contribution in [2.24, 2.45) is 5.92 Å². The van der Waals surface area contributed by atoms with Crippen LogP contribution in [0.4, 0.5) is 0 Å². The van der Waals surface area contributed by atoms with E-state index in [9.17, 15) is 9.59 Å². The Hall–Kier alpha value is -1.10. The van der Waals surface area contributed by atoms with Crippen molar-refractivity contribution in [3.8, 4) is 0 Å². The Morgan fingerprint density at radius 2 is 1.89 bits per heavy atom. The highest BCUT2D eigenvalue weighted by atomic mass is 16.5. The Labute approximate surface area is 114 Å². The van der Waals surface area contributed by atoms with Gasteiger partial charge in [0.2, 0.25) is 5.91 Å². The van der Waals surface area contributed by atoms with Crippen LogP contribution in [-0.2, 0) is 14.3 Å². The molecule has 2 fully saturated rings. The molecule has 19 heavy (non-hydrogen) atoms. The van der Waals surface area contributed by atoms with Crippen LogP contribution in [0.1, 0.15) is 39.0 Å². The number of ether oxygens (including phenoxy) is 1. The predicted molar refractivity (Wildman–Crippen MR) is 71.6 cm³/mol. The summed E-state index contributed by atoms with van der Waals surface area (Å²) in [5.41, 5.74) is 0. The van der Waals surface area contributed by atoms with Gasteiger partial charge in [0.05, 0.1) is 7.11 Å². The molecule has 2 rings (SSSR count). The number of likely N-dealkylation sites (tertiary alicyclic amines) is 1. The third-order valence-electron chi connectivity index (χ3n) is 4.06. The number of methoxy groups -OCH3 is 1. The number of carbonyl (C=O) groups excluding carboxylic acids is 2. The SMILES string of the molecule is CCC(NC1CCN(C(=O)C2CC2)CC1)C(=O)OC. The quantitative estimate of drug-likeness (QED) is 0.754. The molecular weight excluding hydrogens is 244 g/mol. The van der Waals surface area contributed by atoms with Crippen LogP contribution in [0.25, 0.3) is 0 Å². The average Bonchev–Trinajstić information content (AvgIpc) is 3.28. The van der Waals surface area contributed by atoms with E-state index in [-0.39, 0.29) is 12.0 Å². The van der Waals surface area contributed by atoms with E-state index in [0.29, 0.717) is 17.9 Å². The number of rotatable bonds is 5. The molecule has 1 amide bonds. The van der Waals surface area contributed by atoms with Crippen LogP contribution < -0.4 is 5.32 Å². The topological polar surface area (TPSA) is 58.6 Å². The van der Waals surface area contributed by atoms with E-state index in [1.165, 1.54) is 7.11 Å². The number of nitrogens with zero attached hydrogens (tertiary/aromatic N) is 1. The fourth-order valence-corrected chi connectivity index (χ4v) is 2.63. The molecule has 5 heteroatoms. The van der Waals surface area contributed by atoms with Gasteiger partial charge < -0.3 is 15.0 Å². The zero-order valence-corrected chi connectivity index (χ0v) is 11.9. The zero-order chi connectivity index (χ0) is 13.8. The Balaban J connectivity index is 1.76. The van der Waals surface area contributed by atoms with Crippen molar-refractivity contribution < 1.29 is 14.3 Å². The Morgan fingerprint density at radius 1 is 1.26 bits per heavy atom. The highest BCUT2D eigenvalue weighted by Gasteiger charge is 2.35. The summed E-state index contributed by atoms with van der Waals surface area (Å²) in [7, 11) is 1.42. The van der Waals surface area contributed by atoms with Gasteiger partial charge >= 0.3 is 5.97 Å². The highest BCUT2D eigenvalue weighted by molar-refractivity contribution is 5.81. The Kier molecular flexibility index (Phi) is 4.80. The molecule has 1 aliphatic carbocycles. The molecule has 0 aromatic rings. The number of hydrogen-bond acceptors (Lipinski definition) is 4. The molecule has 1 saturated heterocycles. The lowest BCUT2D eigenvalue weighted by atomic mass is 10.0.